The highest BCUT2D eigenvalue weighted by atomic mass is 19.4. The van der Waals surface area contributed by atoms with E-state index in [-0.39, 0.29) is 18.8 Å². The molecule has 2 aliphatic rings. The monoisotopic (exact) mass is 417 g/mol. The number of alkyl halides is 3. The lowest BCUT2D eigenvalue weighted by atomic mass is 9.98. The molecule has 0 bridgehead atoms. The number of amides is 1. The summed E-state index contributed by atoms with van der Waals surface area (Å²) in [6.45, 7) is 0.355. The van der Waals surface area contributed by atoms with E-state index in [4.69, 9.17) is 10.5 Å². The number of nitrogens with two attached hydrogens (primary N) is 1. The summed E-state index contributed by atoms with van der Waals surface area (Å²) in [6, 6.07) is 0.901. The van der Waals surface area contributed by atoms with Crippen LogP contribution in [0, 0.1) is 0 Å². The van der Waals surface area contributed by atoms with Crippen LogP contribution in [-0.2, 0) is 9.47 Å². The molecule has 0 radical (unpaired) electrons. The quantitative estimate of drug-likeness (QED) is 0.783. The fourth-order valence-corrected chi connectivity index (χ4v) is 3.67. The maximum Gasteiger partial charge on any atom is 0.422 e. The van der Waals surface area contributed by atoms with Crippen molar-refractivity contribution in [2.45, 2.75) is 50.0 Å². The second-order valence-electron chi connectivity index (χ2n) is 7.31. The Hall–Kier alpha value is -2.14. The Morgan fingerprint density at radius 1 is 1.17 bits per heavy atom. The predicted octanol–water partition coefficient (Wildman–Crippen LogP) is 1.95. The number of likely N-dealkylation sites (tertiary alicyclic amines) is 1. The zero-order chi connectivity index (χ0) is 20.9. The number of anilines is 1. The highest BCUT2D eigenvalue weighted by molar-refractivity contribution is 5.68. The lowest BCUT2D eigenvalue weighted by Crippen LogP contribution is -2.57. The molecule has 0 unspecified atom stereocenters. The number of carbonyl (C=O) groups is 1. The van der Waals surface area contributed by atoms with Gasteiger partial charge in [0.15, 0.2) is 6.61 Å². The highest BCUT2D eigenvalue weighted by Gasteiger charge is 2.37. The normalized spacial score (nSPS) is 23.9. The minimum Gasteiger partial charge on any atom is -0.440 e. The molecule has 2 fully saturated rings. The van der Waals surface area contributed by atoms with E-state index in [9.17, 15) is 18.0 Å². The van der Waals surface area contributed by atoms with Crippen LogP contribution in [0.3, 0.4) is 0 Å². The molecule has 0 aliphatic carbocycles. The SMILES string of the molecule is N[C@H]1CCCN(C(=O)OCC(F)(F)F)[C@H]1COC1CCN(c2ncccn2)CC1. The number of rotatable bonds is 5. The molecule has 0 saturated carbocycles. The van der Waals surface area contributed by atoms with Crippen molar-refractivity contribution in [2.75, 3.05) is 37.7 Å². The number of halogens is 3. The standard InChI is InChI=1S/C18H26F3N5O3/c19-18(20,21)12-29-17(27)26-8-1-3-14(22)15(26)11-28-13-4-9-25(10-5-13)16-23-6-2-7-24-16/h2,6-7,13-15H,1,3-5,8-12,22H2/t14-,15-/m0/s1. The second kappa shape index (κ2) is 9.57. The smallest absolute Gasteiger partial charge is 0.422 e. The van der Waals surface area contributed by atoms with Crippen molar-refractivity contribution in [3.63, 3.8) is 0 Å². The van der Waals surface area contributed by atoms with Crippen molar-refractivity contribution in [3.8, 4) is 0 Å². The Labute approximate surface area is 167 Å². The third kappa shape index (κ3) is 6.17. The number of carbonyl (C=O) groups excluding carboxylic acids is 1. The van der Waals surface area contributed by atoms with Gasteiger partial charge in [0.25, 0.3) is 0 Å². The average molecular weight is 417 g/mol. The van der Waals surface area contributed by atoms with Gasteiger partial charge in [0.1, 0.15) is 0 Å². The lowest BCUT2D eigenvalue weighted by Gasteiger charge is -2.40. The first-order chi connectivity index (χ1) is 13.8. The van der Waals surface area contributed by atoms with Crippen LogP contribution in [0.2, 0.25) is 0 Å². The molecule has 1 aromatic rings. The molecule has 3 rings (SSSR count). The van der Waals surface area contributed by atoms with Crippen molar-refractivity contribution in [2.24, 2.45) is 5.73 Å². The van der Waals surface area contributed by atoms with Crippen molar-refractivity contribution < 1.29 is 27.4 Å². The van der Waals surface area contributed by atoms with Gasteiger partial charge in [-0.2, -0.15) is 13.2 Å². The van der Waals surface area contributed by atoms with Crippen LogP contribution in [0.15, 0.2) is 18.5 Å². The van der Waals surface area contributed by atoms with Crippen LogP contribution in [0.4, 0.5) is 23.9 Å². The van der Waals surface area contributed by atoms with Gasteiger partial charge in [-0.15, -0.1) is 0 Å². The first-order valence-corrected chi connectivity index (χ1v) is 9.73. The summed E-state index contributed by atoms with van der Waals surface area (Å²) in [5, 5.41) is 0. The van der Waals surface area contributed by atoms with Gasteiger partial charge in [-0.3, -0.25) is 0 Å². The second-order valence-corrected chi connectivity index (χ2v) is 7.31. The van der Waals surface area contributed by atoms with E-state index in [1.165, 1.54) is 4.90 Å². The molecule has 1 amide bonds. The van der Waals surface area contributed by atoms with Crippen LogP contribution < -0.4 is 10.6 Å². The molecule has 11 heteroatoms. The van der Waals surface area contributed by atoms with Crippen molar-refractivity contribution in [1.29, 1.82) is 0 Å². The molecule has 0 aromatic carbocycles. The van der Waals surface area contributed by atoms with E-state index < -0.39 is 24.9 Å². The number of nitrogens with zero attached hydrogens (tertiary/aromatic N) is 4. The third-order valence-corrected chi connectivity index (χ3v) is 5.20. The van der Waals surface area contributed by atoms with Crippen molar-refractivity contribution in [1.82, 2.24) is 14.9 Å². The molecule has 1 aromatic heterocycles. The molecule has 8 nitrogen and oxygen atoms in total. The first-order valence-electron chi connectivity index (χ1n) is 9.73. The van der Waals surface area contributed by atoms with Crippen LogP contribution in [0.1, 0.15) is 25.7 Å². The molecule has 2 atom stereocenters. The number of hydrogen-bond donors (Lipinski definition) is 1. The summed E-state index contributed by atoms with van der Waals surface area (Å²) in [4.78, 5) is 24.0. The van der Waals surface area contributed by atoms with Gasteiger partial charge in [-0.25, -0.2) is 14.8 Å². The summed E-state index contributed by atoms with van der Waals surface area (Å²) in [5.41, 5.74) is 6.13. The summed E-state index contributed by atoms with van der Waals surface area (Å²) in [7, 11) is 0. The fraction of sp³-hybridized carbons (Fsp3) is 0.722. The number of ether oxygens (including phenoxy) is 2. The molecular formula is C18H26F3N5O3. The van der Waals surface area contributed by atoms with Crippen LogP contribution >= 0.6 is 0 Å². The van der Waals surface area contributed by atoms with Gasteiger partial charge < -0.3 is 25.0 Å². The van der Waals surface area contributed by atoms with E-state index >= 15 is 0 Å². The van der Waals surface area contributed by atoms with Crippen LogP contribution in [-0.4, -0.2) is 78.2 Å². The molecule has 2 saturated heterocycles. The molecule has 162 valence electrons. The summed E-state index contributed by atoms with van der Waals surface area (Å²) in [6.07, 6.45) is 0.644. The molecule has 2 N–H and O–H groups in total. The Balaban J connectivity index is 1.49. The lowest BCUT2D eigenvalue weighted by molar-refractivity contribution is -0.163. The summed E-state index contributed by atoms with van der Waals surface area (Å²) in [5.74, 6) is 0.679. The van der Waals surface area contributed by atoms with Crippen LogP contribution in [0.25, 0.3) is 0 Å². The zero-order valence-corrected chi connectivity index (χ0v) is 16.1. The molecular weight excluding hydrogens is 391 g/mol. The molecule has 29 heavy (non-hydrogen) atoms. The minimum atomic E-state index is -4.56. The van der Waals surface area contributed by atoms with E-state index in [2.05, 4.69) is 19.6 Å². The van der Waals surface area contributed by atoms with Gasteiger partial charge >= 0.3 is 12.3 Å². The van der Waals surface area contributed by atoms with Crippen molar-refractivity contribution in [3.05, 3.63) is 18.5 Å². The minimum absolute atomic E-state index is 0.0165. The van der Waals surface area contributed by atoms with Gasteiger partial charge in [0.05, 0.1) is 18.8 Å². The van der Waals surface area contributed by atoms with Crippen molar-refractivity contribution >= 4 is 12.0 Å². The number of aromatic nitrogens is 2. The predicted molar refractivity (Wildman–Crippen MR) is 98.3 cm³/mol. The van der Waals surface area contributed by atoms with Gasteiger partial charge in [-0.05, 0) is 31.7 Å². The summed E-state index contributed by atoms with van der Waals surface area (Å²) >= 11 is 0. The zero-order valence-electron chi connectivity index (χ0n) is 16.1. The summed E-state index contributed by atoms with van der Waals surface area (Å²) < 4.78 is 47.4. The highest BCUT2D eigenvalue weighted by Crippen LogP contribution is 2.23. The fourth-order valence-electron chi connectivity index (χ4n) is 3.67. The maximum absolute atomic E-state index is 12.3. The Bertz CT molecular complexity index is 656. The Kier molecular flexibility index (Phi) is 7.12. The van der Waals surface area contributed by atoms with E-state index in [0.29, 0.717) is 25.3 Å². The molecule has 0 spiro atoms. The maximum atomic E-state index is 12.3. The third-order valence-electron chi connectivity index (χ3n) is 5.20. The Morgan fingerprint density at radius 2 is 1.86 bits per heavy atom. The van der Waals surface area contributed by atoms with Crippen LogP contribution in [0.5, 0.6) is 0 Å². The topological polar surface area (TPSA) is 93.8 Å². The molecule has 3 heterocycles. The van der Waals surface area contributed by atoms with E-state index in [1.54, 1.807) is 18.5 Å². The number of hydrogen-bond acceptors (Lipinski definition) is 7. The van der Waals surface area contributed by atoms with E-state index in [1.807, 2.05) is 0 Å². The largest absolute Gasteiger partial charge is 0.440 e. The Morgan fingerprint density at radius 3 is 2.52 bits per heavy atom. The first kappa shape index (κ1) is 21.6. The van der Waals surface area contributed by atoms with Gasteiger partial charge in [0, 0.05) is 38.1 Å². The average Bonchev–Trinajstić information content (AvgIpc) is 2.71. The number of piperidine rings is 2. The van der Waals surface area contributed by atoms with Gasteiger partial charge in [0.2, 0.25) is 5.95 Å². The van der Waals surface area contributed by atoms with Gasteiger partial charge in [-0.1, -0.05) is 0 Å². The van der Waals surface area contributed by atoms with E-state index in [0.717, 1.165) is 25.9 Å². The molecule has 2 aliphatic heterocycles.